The van der Waals surface area contributed by atoms with E-state index in [1.54, 1.807) is 11.3 Å². The molecule has 112 valence electrons. The molecule has 2 fully saturated rings. The van der Waals surface area contributed by atoms with Crippen molar-refractivity contribution in [2.45, 2.75) is 30.9 Å². The number of ether oxygens (including phenoxy) is 1. The van der Waals surface area contributed by atoms with Crippen LogP contribution in [0.4, 0.5) is 0 Å². The van der Waals surface area contributed by atoms with Crippen LogP contribution in [0.2, 0.25) is 0 Å². The third-order valence-electron chi connectivity index (χ3n) is 4.27. The summed E-state index contributed by atoms with van der Waals surface area (Å²) in [5, 5.41) is 0. The molecule has 2 saturated heterocycles. The highest BCUT2D eigenvalue weighted by atomic mass is 79.9. The van der Waals surface area contributed by atoms with E-state index in [0.717, 1.165) is 32.8 Å². The molecule has 3 heterocycles. The van der Waals surface area contributed by atoms with Gasteiger partial charge in [0.2, 0.25) is 0 Å². The fourth-order valence-corrected chi connectivity index (χ4v) is 7.57. The van der Waals surface area contributed by atoms with Crippen LogP contribution in [0, 0.1) is 5.92 Å². The predicted molar refractivity (Wildman–Crippen MR) is 93.1 cm³/mol. The van der Waals surface area contributed by atoms with Crippen LogP contribution >= 0.6 is 55.0 Å². The van der Waals surface area contributed by atoms with Gasteiger partial charge in [-0.05, 0) is 74.4 Å². The maximum Gasteiger partial charge on any atom is 0.0783 e. The van der Waals surface area contributed by atoms with Crippen molar-refractivity contribution in [2.75, 3.05) is 18.1 Å². The van der Waals surface area contributed by atoms with E-state index >= 15 is 0 Å². The first kappa shape index (κ1) is 15.8. The van der Waals surface area contributed by atoms with Gasteiger partial charge in [-0.2, -0.15) is 11.8 Å². The van der Waals surface area contributed by atoms with E-state index in [4.69, 9.17) is 10.6 Å². The second-order valence-corrected chi connectivity index (χ2v) is 10.4. The maximum absolute atomic E-state index is 6.11. The molecule has 1 aromatic rings. The number of nitrogens with one attached hydrogen (secondary N) is 1. The number of thioether (sulfide) groups is 1. The highest BCUT2D eigenvalue weighted by Gasteiger charge is 2.43. The SMILES string of the molecule is NNC(c1cc(Br)sc1Br)C1CCOC2(CCSC2)C1. The molecule has 0 radical (unpaired) electrons. The fourth-order valence-electron chi connectivity index (χ4n) is 3.26. The van der Waals surface area contributed by atoms with Gasteiger partial charge in [0.1, 0.15) is 0 Å². The molecule has 1 spiro atoms. The highest BCUT2D eigenvalue weighted by Crippen LogP contribution is 2.46. The lowest BCUT2D eigenvalue weighted by Crippen LogP contribution is -2.45. The molecule has 0 saturated carbocycles. The lowest BCUT2D eigenvalue weighted by atomic mass is 9.80. The third-order valence-corrected chi connectivity index (χ3v) is 7.88. The average molecular weight is 442 g/mol. The standard InChI is InChI=1S/C13H18Br2N2OS2/c14-10-5-9(12(15)20-10)11(17-16)8-1-3-18-13(6-8)2-4-19-7-13/h5,8,11,17H,1-4,6-7,16H2. The summed E-state index contributed by atoms with van der Waals surface area (Å²) >= 11 is 10.9. The Kier molecular flexibility index (Phi) is 5.17. The molecule has 3 nitrogen and oxygen atoms in total. The summed E-state index contributed by atoms with van der Waals surface area (Å²) in [6.07, 6.45) is 3.36. The van der Waals surface area contributed by atoms with Crippen LogP contribution in [-0.2, 0) is 4.74 Å². The average Bonchev–Trinajstić information content (AvgIpc) is 2.99. The van der Waals surface area contributed by atoms with Gasteiger partial charge >= 0.3 is 0 Å². The summed E-state index contributed by atoms with van der Waals surface area (Å²) in [6.45, 7) is 0.854. The number of nitrogens with two attached hydrogens (primary N) is 1. The van der Waals surface area contributed by atoms with E-state index < -0.39 is 0 Å². The zero-order valence-electron chi connectivity index (χ0n) is 11.0. The van der Waals surface area contributed by atoms with Gasteiger partial charge in [0.25, 0.3) is 0 Å². The van der Waals surface area contributed by atoms with Crippen molar-refractivity contribution in [2.24, 2.45) is 11.8 Å². The zero-order valence-corrected chi connectivity index (χ0v) is 15.8. The van der Waals surface area contributed by atoms with Gasteiger partial charge in [-0.3, -0.25) is 11.3 Å². The lowest BCUT2D eigenvalue weighted by molar-refractivity contribution is -0.0854. The summed E-state index contributed by atoms with van der Waals surface area (Å²) in [5.74, 6) is 8.76. The van der Waals surface area contributed by atoms with Crippen LogP contribution in [0.5, 0.6) is 0 Å². The summed E-state index contributed by atoms with van der Waals surface area (Å²) in [7, 11) is 0. The number of halogens is 2. The Morgan fingerprint density at radius 1 is 1.50 bits per heavy atom. The van der Waals surface area contributed by atoms with Gasteiger partial charge < -0.3 is 4.74 Å². The molecule has 3 atom stereocenters. The molecule has 1 aromatic heterocycles. The Morgan fingerprint density at radius 3 is 2.95 bits per heavy atom. The first-order valence-electron chi connectivity index (χ1n) is 6.76. The summed E-state index contributed by atoms with van der Waals surface area (Å²) in [6, 6.07) is 2.36. The van der Waals surface area contributed by atoms with Gasteiger partial charge in [-0.25, -0.2) is 0 Å². The maximum atomic E-state index is 6.11. The van der Waals surface area contributed by atoms with Crippen LogP contribution in [0.1, 0.15) is 30.9 Å². The van der Waals surface area contributed by atoms with Crippen LogP contribution in [-0.4, -0.2) is 23.7 Å². The first-order chi connectivity index (χ1) is 9.63. The molecule has 3 unspecified atom stereocenters. The van der Waals surface area contributed by atoms with Crippen LogP contribution in [0.3, 0.4) is 0 Å². The van der Waals surface area contributed by atoms with Gasteiger partial charge in [0.05, 0.1) is 19.2 Å². The number of hydrazine groups is 1. The molecular formula is C13H18Br2N2OS2. The molecule has 2 aliphatic heterocycles. The number of hydrogen-bond donors (Lipinski definition) is 2. The van der Waals surface area contributed by atoms with Crippen LogP contribution in [0.25, 0.3) is 0 Å². The van der Waals surface area contributed by atoms with Crippen molar-refractivity contribution in [3.8, 4) is 0 Å². The topological polar surface area (TPSA) is 47.3 Å². The van der Waals surface area contributed by atoms with E-state index in [-0.39, 0.29) is 11.6 Å². The van der Waals surface area contributed by atoms with E-state index in [2.05, 4.69) is 43.4 Å². The molecule has 2 aliphatic rings. The van der Waals surface area contributed by atoms with E-state index in [1.165, 1.54) is 17.7 Å². The minimum absolute atomic E-state index is 0.0996. The molecule has 7 heteroatoms. The van der Waals surface area contributed by atoms with Gasteiger partial charge in [0.15, 0.2) is 0 Å². The van der Waals surface area contributed by atoms with Crippen molar-refractivity contribution in [1.82, 2.24) is 5.43 Å². The van der Waals surface area contributed by atoms with Crippen molar-refractivity contribution >= 4 is 55.0 Å². The number of thiophene rings is 1. The molecule has 0 aliphatic carbocycles. The van der Waals surface area contributed by atoms with Crippen LogP contribution in [0.15, 0.2) is 13.6 Å². The van der Waals surface area contributed by atoms with E-state index in [9.17, 15) is 0 Å². The van der Waals surface area contributed by atoms with E-state index in [0.29, 0.717) is 5.92 Å². The smallest absolute Gasteiger partial charge is 0.0783 e. The Morgan fingerprint density at radius 2 is 2.35 bits per heavy atom. The molecule has 0 bridgehead atoms. The Balaban J connectivity index is 1.80. The Labute approximate surface area is 144 Å². The Bertz CT molecular complexity index is 477. The quantitative estimate of drug-likeness (QED) is 0.547. The summed E-state index contributed by atoms with van der Waals surface area (Å²) < 4.78 is 8.41. The molecule has 20 heavy (non-hydrogen) atoms. The highest BCUT2D eigenvalue weighted by molar-refractivity contribution is 9.12. The van der Waals surface area contributed by atoms with Crippen molar-refractivity contribution in [1.29, 1.82) is 0 Å². The van der Waals surface area contributed by atoms with Gasteiger partial charge in [-0.15, -0.1) is 11.3 Å². The van der Waals surface area contributed by atoms with Crippen LogP contribution < -0.4 is 11.3 Å². The van der Waals surface area contributed by atoms with Crippen molar-refractivity contribution in [3.05, 3.63) is 19.2 Å². The largest absolute Gasteiger partial charge is 0.374 e. The fraction of sp³-hybridized carbons (Fsp3) is 0.692. The van der Waals surface area contributed by atoms with Crippen molar-refractivity contribution in [3.63, 3.8) is 0 Å². The van der Waals surface area contributed by atoms with Gasteiger partial charge in [0, 0.05) is 12.4 Å². The summed E-state index contributed by atoms with van der Waals surface area (Å²) in [4.78, 5) is 0. The minimum atomic E-state index is 0.0996. The first-order valence-corrected chi connectivity index (χ1v) is 10.3. The number of hydrogen-bond acceptors (Lipinski definition) is 5. The summed E-state index contributed by atoms with van der Waals surface area (Å²) in [5.41, 5.74) is 4.40. The molecule has 3 N–H and O–H groups in total. The molecule has 0 amide bonds. The predicted octanol–water partition coefficient (Wildman–Crippen LogP) is 4.08. The van der Waals surface area contributed by atoms with Crippen molar-refractivity contribution < 1.29 is 4.74 Å². The normalized spacial score (nSPS) is 31.9. The van der Waals surface area contributed by atoms with E-state index in [1.807, 2.05) is 11.8 Å². The molecule has 3 rings (SSSR count). The second-order valence-electron chi connectivity index (χ2n) is 5.51. The molecular weight excluding hydrogens is 424 g/mol. The lowest BCUT2D eigenvalue weighted by Gasteiger charge is -2.40. The monoisotopic (exact) mass is 440 g/mol. The Hall–Kier alpha value is 0.890. The second kappa shape index (κ2) is 6.56. The van der Waals surface area contributed by atoms with Gasteiger partial charge in [-0.1, -0.05) is 0 Å². The minimum Gasteiger partial charge on any atom is -0.374 e. The molecule has 0 aromatic carbocycles. The zero-order chi connectivity index (χ0) is 14.2. The third kappa shape index (κ3) is 3.14. The number of rotatable bonds is 3.